The Kier molecular flexibility index (Phi) is 7.20. The number of piperidine rings is 1. The monoisotopic (exact) mass is 396 g/mol. The molecule has 0 bridgehead atoms. The minimum atomic E-state index is -0.0625. The summed E-state index contributed by atoms with van der Waals surface area (Å²) in [6.45, 7) is 4.65. The van der Waals surface area contributed by atoms with E-state index in [1.165, 1.54) is 0 Å². The fourth-order valence-corrected chi connectivity index (χ4v) is 3.39. The summed E-state index contributed by atoms with van der Waals surface area (Å²) in [5.41, 5.74) is 7.24. The van der Waals surface area contributed by atoms with Gasteiger partial charge in [-0.05, 0) is 50.1 Å². The number of aryl methyl sites for hydroxylation is 1. The first kappa shape index (κ1) is 18.9. The Morgan fingerprint density at radius 1 is 1.42 bits per heavy atom. The van der Waals surface area contributed by atoms with Gasteiger partial charge in [0.25, 0.3) is 0 Å². The molecule has 1 unspecified atom stereocenters. The third kappa shape index (κ3) is 5.58. The predicted molar refractivity (Wildman–Crippen MR) is 98.7 cm³/mol. The molecular weight excluding hydrogens is 372 g/mol. The van der Waals surface area contributed by atoms with Crippen LogP contribution in [0.25, 0.3) is 0 Å². The van der Waals surface area contributed by atoms with Crippen LogP contribution in [0.3, 0.4) is 0 Å². The number of nitrogens with two attached hydrogens (primary N) is 1. The zero-order valence-corrected chi connectivity index (χ0v) is 15.6. The van der Waals surface area contributed by atoms with E-state index in [9.17, 15) is 9.59 Å². The van der Waals surface area contributed by atoms with Gasteiger partial charge in [-0.3, -0.25) is 14.5 Å². The highest BCUT2D eigenvalue weighted by molar-refractivity contribution is 9.10. The number of likely N-dealkylation sites (tertiary alicyclic amines) is 1. The molecule has 7 heteroatoms. The summed E-state index contributed by atoms with van der Waals surface area (Å²) >= 11 is 3.41. The minimum Gasteiger partial charge on any atom is -0.355 e. The van der Waals surface area contributed by atoms with Crippen molar-refractivity contribution in [1.29, 1.82) is 0 Å². The summed E-state index contributed by atoms with van der Waals surface area (Å²) < 4.78 is 0.986. The molecule has 1 aliphatic rings. The second-order valence-corrected chi connectivity index (χ2v) is 7.08. The minimum absolute atomic E-state index is 0.0364. The van der Waals surface area contributed by atoms with Crippen molar-refractivity contribution in [3.63, 3.8) is 0 Å². The second-order valence-electron chi connectivity index (χ2n) is 6.16. The zero-order valence-electron chi connectivity index (χ0n) is 14.0. The lowest BCUT2D eigenvalue weighted by atomic mass is 9.97. The molecule has 0 aromatic heterocycles. The molecule has 132 valence electrons. The van der Waals surface area contributed by atoms with E-state index in [4.69, 9.17) is 5.73 Å². The zero-order chi connectivity index (χ0) is 17.5. The molecule has 1 aromatic carbocycles. The van der Waals surface area contributed by atoms with Crippen LogP contribution in [0.1, 0.15) is 18.4 Å². The maximum atomic E-state index is 12.3. The molecule has 2 amide bonds. The molecule has 1 aliphatic heterocycles. The molecule has 0 radical (unpaired) electrons. The Morgan fingerprint density at radius 2 is 2.21 bits per heavy atom. The topological polar surface area (TPSA) is 87.5 Å². The number of rotatable bonds is 6. The largest absolute Gasteiger partial charge is 0.355 e. The fourth-order valence-electron chi connectivity index (χ4n) is 2.91. The molecule has 0 saturated carbocycles. The maximum absolute atomic E-state index is 12.3. The van der Waals surface area contributed by atoms with Crippen LogP contribution < -0.4 is 16.4 Å². The molecule has 6 nitrogen and oxygen atoms in total. The SMILES string of the molecule is Cc1cc(Br)ccc1NC(=O)CN1CCCC(C(=O)NCCN)C1. The number of benzene rings is 1. The molecule has 1 saturated heterocycles. The quantitative estimate of drug-likeness (QED) is 0.679. The van der Waals surface area contributed by atoms with Gasteiger partial charge in [-0.15, -0.1) is 0 Å². The lowest BCUT2D eigenvalue weighted by molar-refractivity contribution is -0.127. The first-order chi connectivity index (χ1) is 11.5. The van der Waals surface area contributed by atoms with Crippen LogP contribution in [0.5, 0.6) is 0 Å². The van der Waals surface area contributed by atoms with Crippen LogP contribution in [0.4, 0.5) is 5.69 Å². The maximum Gasteiger partial charge on any atom is 0.238 e. The Balaban J connectivity index is 1.85. The normalized spacial score (nSPS) is 18.2. The van der Waals surface area contributed by atoms with E-state index in [0.717, 1.165) is 35.1 Å². The van der Waals surface area contributed by atoms with Gasteiger partial charge in [-0.2, -0.15) is 0 Å². The summed E-state index contributed by atoms with van der Waals surface area (Å²) in [4.78, 5) is 26.4. The van der Waals surface area contributed by atoms with Crippen molar-refractivity contribution in [2.75, 3.05) is 38.0 Å². The highest BCUT2D eigenvalue weighted by Crippen LogP contribution is 2.20. The van der Waals surface area contributed by atoms with Crippen LogP contribution in [0.2, 0.25) is 0 Å². The number of nitrogens with zero attached hydrogens (tertiary/aromatic N) is 1. The molecule has 4 N–H and O–H groups in total. The van der Waals surface area contributed by atoms with Crippen molar-refractivity contribution in [1.82, 2.24) is 10.2 Å². The molecule has 1 aromatic rings. The van der Waals surface area contributed by atoms with Gasteiger partial charge in [0.05, 0.1) is 12.5 Å². The Bertz CT molecular complexity index is 594. The fraction of sp³-hybridized carbons (Fsp3) is 0.529. The number of amides is 2. The number of nitrogens with one attached hydrogen (secondary N) is 2. The average molecular weight is 397 g/mol. The van der Waals surface area contributed by atoms with Crippen molar-refractivity contribution in [2.45, 2.75) is 19.8 Å². The molecule has 0 spiro atoms. The van der Waals surface area contributed by atoms with Crippen molar-refractivity contribution >= 4 is 33.4 Å². The van der Waals surface area contributed by atoms with Crippen LogP contribution in [-0.4, -0.2) is 49.4 Å². The van der Waals surface area contributed by atoms with Gasteiger partial charge in [0, 0.05) is 29.8 Å². The van der Waals surface area contributed by atoms with Gasteiger partial charge in [0.2, 0.25) is 11.8 Å². The van der Waals surface area contributed by atoms with E-state index in [-0.39, 0.29) is 17.7 Å². The number of anilines is 1. The van der Waals surface area contributed by atoms with Crippen molar-refractivity contribution in [2.24, 2.45) is 11.7 Å². The first-order valence-electron chi connectivity index (χ1n) is 8.25. The van der Waals surface area contributed by atoms with Gasteiger partial charge < -0.3 is 16.4 Å². The standard InChI is InChI=1S/C17H25BrN4O2/c1-12-9-14(18)4-5-15(12)21-16(23)11-22-8-2-3-13(10-22)17(24)20-7-6-19/h4-5,9,13H,2-3,6-8,10-11,19H2,1H3,(H,20,24)(H,21,23). The Hall–Kier alpha value is -1.44. The van der Waals surface area contributed by atoms with Crippen molar-refractivity contribution in [3.8, 4) is 0 Å². The Morgan fingerprint density at radius 3 is 2.92 bits per heavy atom. The number of halogens is 1. The third-order valence-corrected chi connectivity index (χ3v) is 4.64. The van der Waals surface area contributed by atoms with Gasteiger partial charge in [-0.25, -0.2) is 0 Å². The lowest BCUT2D eigenvalue weighted by Gasteiger charge is -2.31. The van der Waals surface area contributed by atoms with E-state index >= 15 is 0 Å². The Labute approximate surface area is 151 Å². The van der Waals surface area contributed by atoms with Crippen LogP contribution in [0, 0.1) is 12.8 Å². The highest BCUT2D eigenvalue weighted by atomic mass is 79.9. The molecule has 24 heavy (non-hydrogen) atoms. The number of hydrogen-bond donors (Lipinski definition) is 3. The van der Waals surface area contributed by atoms with Gasteiger partial charge >= 0.3 is 0 Å². The predicted octanol–water partition coefficient (Wildman–Crippen LogP) is 1.48. The second kappa shape index (κ2) is 9.15. The van der Waals surface area contributed by atoms with E-state index in [0.29, 0.717) is 26.2 Å². The molecule has 2 rings (SSSR count). The van der Waals surface area contributed by atoms with E-state index in [1.807, 2.05) is 30.0 Å². The molecule has 0 aliphatic carbocycles. The summed E-state index contributed by atoms with van der Waals surface area (Å²) in [6.07, 6.45) is 1.78. The molecule has 1 heterocycles. The van der Waals surface area contributed by atoms with Gasteiger partial charge in [-0.1, -0.05) is 15.9 Å². The summed E-state index contributed by atoms with van der Waals surface area (Å²) in [7, 11) is 0. The number of carbonyl (C=O) groups excluding carboxylic acids is 2. The van der Waals surface area contributed by atoms with E-state index in [2.05, 4.69) is 26.6 Å². The van der Waals surface area contributed by atoms with Crippen LogP contribution >= 0.6 is 15.9 Å². The summed E-state index contributed by atoms with van der Waals surface area (Å²) in [6, 6.07) is 5.76. The highest BCUT2D eigenvalue weighted by Gasteiger charge is 2.26. The van der Waals surface area contributed by atoms with Gasteiger partial charge in [0.1, 0.15) is 0 Å². The van der Waals surface area contributed by atoms with Crippen molar-refractivity contribution in [3.05, 3.63) is 28.2 Å². The van der Waals surface area contributed by atoms with Gasteiger partial charge in [0.15, 0.2) is 0 Å². The van der Waals surface area contributed by atoms with E-state index in [1.54, 1.807) is 0 Å². The lowest BCUT2D eigenvalue weighted by Crippen LogP contribution is -2.46. The average Bonchev–Trinajstić information content (AvgIpc) is 2.55. The summed E-state index contributed by atoms with van der Waals surface area (Å²) in [5, 5.41) is 5.78. The van der Waals surface area contributed by atoms with Crippen LogP contribution in [-0.2, 0) is 9.59 Å². The third-order valence-electron chi connectivity index (χ3n) is 4.15. The number of carbonyl (C=O) groups is 2. The smallest absolute Gasteiger partial charge is 0.238 e. The number of hydrogen-bond acceptors (Lipinski definition) is 4. The molecule has 1 fully saturated rings. The molecular formula is C17H25BrN4O2. The summed E-state index contributed by atoms with van der Waals surface area (Å²) in [5.74, 6) is -0.0785. The van der Waals surface area contributed by atoms with Crippen LogP contribution in [0.15, 0.2) is 22.7 Å². The first-order valence-corrected chi connectivity index (χ1v) is 9.05. The van der Waals surface area contributed by atoms with E-state index < -0.39 is 0 Å². The van der Waals surface area contributed by atoms with Crippen molar-refractivity contribution < 1.29 is 9.59 Å². The molecule has 1 atom stereocenters.